The SMILES string of the molecule is C#Cc1cccc2cc(OCOC)cc(-c3nc4c5c(nc(OC[C@]67CCCN6C[C@@H](F)C7)nc5c3F)N3C[C@H]5CC[C@@H]([C@H]3CO4)N5C(=O)OC(C)(C)C)c12. The number of hydrogen-bond donors (Lipinski definition) is 0. The fourth-order valence-corrected chi connectivity index (χ4v) is 9.47. The number of terminal acetylenes is 1. The fourth-order valence-electron chi connectivity index (χ4n) is 9.47. The predicted octanol–water partition coefficient (Wildman–Crippen LogP) is 6.25. The highest BCUT2D eigenvalue weighted by Gasteiger charge is 2.52. The van der Waals surface area contributed by atoms with Gasteiger partial charge in [0.25, 0.3) is 0 Å². The Morgan fingerprint density at radius 3 is 2.76 bits per heavy atom. The normalized spacial score (nSPS) is 25.7. The van der Waals surface area contributed by atoms with Gasteiger partial charge in [-0.15, -0.1) is 6.42 Å². The molecule has 2 bridgehead atoms. The zero-order valence-corrected chi connectivity index (χ0v) is 31.4. The number of pyridine rings is 1. The Morgan fingerprint density at radius 1 is 1.11 bits per heavy atom. The van der Waals surface area contributed by atoms with Gasteiger partial charge in [0, 0.05) is 43.1 Å². The minimum absolute atomic E-state index is 0.0260. The van der Waals surface area contributed by atoms with Crippen molar-refractivity contribution in [2.75, 3.05) is 51.7 Å². The first-order valence-corrected chi connectivity index (χ1v) is 19.0. The van der Waals surface area contributed by atoms with Gasteiger partial charge in [-0.25, -0.2) is 18.6 Å². The first kappa shape index (κ1) is 35.7. The summed E-state index contributed by atoms with van der Waals surface area (Å²) in [4.78, 5) is 34.2. The number of amides is 1. The molecule has 0 N–H and O–H groups in total. The highest BCUT2D eigenvalue weighted by Crippen LogP contribution is 2.47. The minimum atomic E-state index is -0.944. The van der Waals surface area contributed by atoms with Gasteiger partial charge in [-0.3, -0.25) is 9.80 Å². The largest absolute Gasteiger partial charge is 0.475 e. The van der Waals surface area contributed by atoms with Crippen molar-refractivity contribution in [2.45, 2.75) is 88.3 Å². The van der Waals surface area contributed by atoms with Crippen LogP contribution in [0.4, 0.5) is 19.4 Å². The Labute approximate surface area is 318 Å². The van der Waals surface area contributed by atoms with Crippen LogP contribution in [0.15, 0.2) is 30.3 Å². The number of benzene rings is 2. The monoisotopic (exact) mass is 754 g/mol. The van der Waals surface area contributed by atoms with Crippen LogP contribution in [0, 0.1) is 18.2 Å². The predicted molar refractivity (Wildman–Crippen MR) is 201 cm³/mol. The van der Waals surface area contributed by atoms with Crippen LogP contribution < -0.4 is 19.1 Å². The molecule has 0 saturated carbocycles. The average molecular weight is 755 g/mol. The van der Waals surface area contributed by atoms with Gasteiger partial charge in [-0.05, 0) is 76.6 Å². The first-order chi connectivity index (χ1) is 26.5. The van der Waals surface area contributed by atoms with E-state index < -0.39 is 23.1 Å². The summed E-state index contributed by atoms with van der Waals surface area (Å²) in [6.07, 6.45) is 8.25. The molecule has 4 fully saturated rings. The number of anilines is 1. The van der Waals surface area contributed by atoms with Crippen LogP contribution in [0.3, 0.4) is 0 Å². The molecule has 12 nitrogen and oxygen atoms in total. The number of rotatable bonds is 7. The van der Waals surface area contributed by atoms with E-state index in [9.17, 15) is 9.18 Å². The zero-order chi connectivity index (χ0) is 38.2. The molecule has 55 heavy (non-hydrogen) atoms. The van der Waals surface area contributed by atoms with Gasteiger partial charge in [0.05, 0.1) is 23.7 Å². The summed E-state index contributed by atoms with van der Waals surface area (Å²) in [5.41, 5.74) is -0.287. The molecule has 5 aliphatic heterocycles. The molecule has 2 aromatic heterocycles. The highest BCUT2D eigenvalue weighted by molar-refractivity contribution is 6.04. The molecular weight excluding hydrogens is 710 g/mol. The minimum Gasteiger partial charge on any atom is -0.475 e. The molecule has 0 aliphatic carbocycles. The molecule has 5 atom stereocenters. The van der Waals surface area contributed by atoms with Crippen LogP contribution in [0.1, 0.15) is 58.4 Å². The average Bonchev–Trinajstić information content (AvgIpc) is 3.76. The summed E-state index contributed by atoms with van der Waals surface area (Å²) < 4.78 is 62.1. The second-order valence-electron chi connectivity index (χ2n) is 16.3. The number of carbonyl (C=O) groups is 1. The van der Waals surface area contributed by atoms with Gasteiger partial charge in [-0.1, -0.05) is 18.1 Å². The Morgan fingerprint density at radius 2 is 1.96 bits per heavy atom. The smallest absolute Gasteiger partial charge is 0.410 e. The number of fused-ring (bicyclic) bond motifs is 7. The van der Waals surface area contributed by atoms with E-state index in [-0.39, 0.29) is 67.3 Å². The molecule has 4 saturated heterocycles. The lowest BCUT2D eigenvalue weighted by Crippen LogP contribution is -2.63. The third kappa shape index (κ3) is 6.03. The third-order valence-corrected chi connectivity index (χ3v) is 11.7. The molecule has 2 aromatic carbocycles. The maximum absolute atomic E-state index is 17.5. The Kier molecular flexibility index (Phi) is 8.65. The van der Waals surface area contributed by atoms with E-state index in [0.29, 0.717) is 53.0 Å². The maximum Gasteiger partial charge on any atom is 0.410 e. The molecule has 7 heterocycles. The second kappa shape index (κ2) is 13.3. The van der Waals surface area contributed by atoms with Crippen LogP contribution >= 0.6 is 0 Å². The Hall–Kier alpha value is -5.00. The molecule has 14 heteroatoms. The second-order valence-corrected chi connectivity index (χ2v) is 16.3. The zero-order valence-electron chi connectivity index (χ0n) is 31.4. The van der Waals surface area contributed by atoms with E-state index in [1.807, 2.05) is 43.9 Å². The molecule has 0 unspecified atom stereocenters. The lowest BCUT2D eigenvalue weighted by molar-refractivity contribution is 0.00537. The van der Waals surface area contributed by atoms with Crippen molar-refractivity contribution in [1.82, 2.24) is 24.8 Å². The Balaban J connectivity index is 1.20. The molecule has 4 aromatic rings. The van der Waals surface area contributed by atoms with Crippen LogP contribution in [0.5, 0.6) is 17.6 Å². The standard InChI is InChI=1S/C41H44F2N6O6/c1-6-23-9-7-10-24-15-27(54-22-51-5)16-28(31(23)24)34-33(43)35-32-36(46-38(45-35)53-21-41-13-8-14-47(41)18-25(42)17-41)48-19-26-11-12-29(30(48)20-52-37(32)44-34)49(26)39(50)55-40(2,3)4/h1,7,9-10,15-16,25-26,29-30H,8,11-14,17-22H2,2-5H3/t25-,26+,29-,30+,41+/m0/s1. The number of carbonyl (C=O) groups excluding carboxylic acids is 1. The van der Waals surface area contributed by atoms with E-state index in [1.54, 1.807) is 12.1 Å². The van der Waals surface area contributed by atoms with E-state index in [4.69, 9.17) is 45.1 Å². The number of piperazine rings is 1. The summed E-state index contributed by atoms with van der Waals surface area (Å²) in [5.74, 6) is 3.01. The lowest BCUT2D eigenvalue weighted by atomic mass is 9.95. The Bertz CT molecular complexity index is 2240. The van der Waals surface area contributed by atoms with E-state index in [1.165, 1.54) is 7.11 Å². The van der Waals surface area contributed by atoms with Crippen molar-refractivity contribution in [2.24, 2.45) is 0 Å². The van der Waals surface area contributed by atoms with Crippen LogP contribution in [-0.2, 0) is 9.47 Å². The van der Waals surface area contributed by atoms with Crippen LogP contribution in [0.2, 0.25) is 0 Å². The van der Waals surface area contributed by atoms with Gasteiger partial charge >= 0.3 is 12.1 Å². The van der Waals surface area contributed by atoms with E-state index in [0.717, 1.165) is 37.6 Å². The molecular formula is C41H44F2N6O6. The molecule has 5 aliphatic rings. The van der Waals surface area contributed by atoms with Crippen molar-refractivity contribution >= 4 is 33.6 Å². The van der Waals surface area contributed by atoms with Crippen molar-refractivity contribution in [1.29, 1.82) is 0 Å². The summed E-state index contributed by atoms with van der Waals surface area (Å²) in [6, 6.07) is 8.18. The van der Waals surface area contributed by atoms with Crippen molar-refractivity contribution in [3.8, 4) is 41.2 Å². The lowest BCUT2D eigenvalue weighted by Gasteiger charge is -2.46. The third-order valence-electron chi connectivity index (χ3n) is 11.7. The summed E-state index contributed by atoms with van der Waals surface area (Å²) in [6.45, 7) is 7.40. The number of nitrogens with zero attached hydrogens (tertiary/aromatic N) is 6. The summed E-state index contributed by atoms with van der Waals surface area (Å²) >= 11 is 0. The molecule has 0 radical (unpaired) electrons. The molecule has 0 spiro atoms. The number of halogens is 2. The molecule has 1 amide bonds. The highest BCUT2D eigenvalue weighted by atomic mass is 19.1. The molecule has 288 valence electrons. The fraction of sp³-hybridized carbons (Fsp3) is 0.512. The van der Waals surface area contributed by atoms with Gasteiger partial charge in [-0.2, -0.15) is 9.97 Å². The van der Waals surface area contributed by atoms with Gasteiger partial charge < -0.3 is 28.6 Å². The number of aromatic nitrogens is 3. The van der Waals surface area contributed by atoms with Crippen molar-refractivity contribution in [3.63, 3.8) is 0 Å². The van der Waals surface area contributed by atoms with Gasteiger partial charge in [0.1, 0.15) is 53.2 Å². The van der Waals surface area contributed by atoms with Gasteiger partial charge in [0.2, 0.25) is 5.88 Å². The van der Waals surface area contributed by atoms with Crippen molar-refractivity contribution in [3.05, 3.63) is 41.7 Å². The van der Waals surface area contributed by atoms with Crippen molar-refractivity contribution < 1.29 is 37.3 Å². The topological polar surface area (TPSA) is 112 Å². The van der Waals surface area contributed by atoms with Crippen LogP contribution in [0.25, 0.3) is 32.9 Å². The first-order valence-electron chi connectivity index (χ1n) is 19.0. The van der Waals surface area contributed by atoms with Gasteiger partial charge in [0.15, 0.2) is 12.6 Å². The number of alkyl halides is 1. The van der Waals surface area contributed by atoms with E-state index >= 15 is 4.39 Å². The number of ether oxygens (including phenoxy) is 5. The quantitative estimate of drug-likeness (QED) is 0.158. The molecule has 9 rings (SSSR count). The summed E-state index contributed by atoms with van der Waals surface area (Å²) in [7, 11) is 1.52. The number of hydrogen-bond acceptors (Lipinski definition) is 11. The summed E-state index contributed by atoms with van der Waals surface area (Å²) in [5, 5.41) is 1.63. The van der Waals surface area contributed by atoms with Crippen LogP contribution in [-0.4, -0.2) is 113 Å². The number of methoxy groups -OCH3 is 1. The van der Waals surface area contributed by atoms with E-state index in [2.05, 4.69) is 15.7 Å². The maximum atomic E-state index is 17.5.